The summed E-state index contributed by atoms with van der Waals surface area (Å²) in [6, 6.07) is 14.6. The Bertz CT molecular complexity index is 685. The van der Waals surface area contributed by atoms with Gasteiger partial charge in [-0.15, -0.1) is 0 Å². The van der Waals surface area contributed by atoms with E-state index in [0.717, 1.165) is 13.1 Å². The second kappa shape index (κ2) is 7.01. The number of para-hydroxylation sites is 1. The molecule has 23 heavy (non-hydrogen) atoms. The van der Waals surface area contributed by atoms with Gasteiger partial charge in [-0.05, 0) is 29.8 Å². The monoisotopic (exact) mass is 332 g/mol. The molecule has 3 rings (SSSR count). The second-order valence-electron chi connectivity index (χ2n) is 5.62. The third-order valence-corrected chi connectivity index (χ3v) is 4.35. The van der Waals surface area contributed by atoms with Crippen LogP contribution in [0.15, 0.2) is 48.5 Å². The molecule has 0 saturated carbocycles. The van der Waals surface area contributed by atoms with E-state index in [1.165, 1.54) is 11.8 Å². The topological polar surface area (TPSA) is 23.6 Å². The molecule has 1 heterocycles. The van der Waals surface area contributed by atoms with Gasteiger partial charge in [-0.3, -0.25) is 4.79 Å². The van der Waals surface area contributed by atoms with Gasteiger partial charge < -0.3 is 9.80 Å². The average molecular weight is 333 g/mol. The van der Waals surface area contributed by atoms with Gasteiger partial charge in [-0.1, -0.05) is 35.9 Å². The minimum atomic E-state index is -0.422. The third kappa shape index (κ3) is 3.82. The predicted octanol–water partition coefficient (Wildman–Crippen LogP) is 3.37. The molecule has 2 aromatic carbocycles. The molecule has 120 valence electrons. The summed E-state index contributed by atoms with van der Waals surface area (Å²) in [6.45, 7) is 2.89. The number of benzene rings is 2. The molecular weight excluding hydrogens is 315 g/mol. The van der Waals surface area contributed by atoms with E-state index in [4.69, 9.17) is 11.6 Å². The van der Waals surface area contributed by atoms with Gasteiger partial charge in [0.1, 0.15) is 5.82 Å². The van der Waals surface area contributed by atoms with Gasteiger partial charge in [0, 0.05) is 36.9 Å². The molecule has 2 aromatic rings. The summed E-state index contributed by atoms with van der Waals surface area (Å²) >= 11 is 5.74. The van der Waals surface area contributed by atoms with Crippen molar-refractivity contribution in [2.45, 2.75) is 6.42 Å². The molecule has 0 N–H and O–H groups in total. The fourth-order valence-corrected chi connectivity index (χ4v) is 2.95. The van der Waals surface area contributed by atoms with Crippen molar-refractivity contribution in [1.29, 1.82) is 0 Å². The van der Waals surface area contributed by atoms with Crippen molar-refractivity contribution in [3.05, 3.63) is 64.9 Å². The molecule has 0 aliphatic carbocycles. The third-order valence-electron chi connectivity index (χ3n) is 4.11. The lowest BCUT2D eigenvalue weighted by molar-refractivity contribution is -0.130. The fraction of sp³-hybridized carbons (Fsp3) is 0.278. The number of hydrogen-bond donors (Lipinski definition) is 0. The fourth-order valence-electron chi connectivity index (χ4n) is 2.79. The summed E-state index contributed by atoms with van der Waals surface area (Å²) in [7, 11) is 0. The molecule has 0 spiro atoms. The van der Waals surface area contributed by atoms with Crippen LogP contribution < -0.4 is 4.90 Å². The van der Waals surface area contributed by atoms with E-state index in [0.29, 0.717) is 23.7 Å². The summed E-state index contributed by atoms with van der Waals surface area (Å²) < 4.78 is 13.8. The van der Waals surface area contributed by atoms with E-state index in [-0.39, 0.29) is 12.3 Å². The standard InChI is InChI=1S/C18H18ClFN2O/c19-15-7-6-14(17(20)13-15)12-18(23)22-10-8-21(9-11-22)16-4-2-1-3-5-16/h1-7,13H,8-12H2. The van der Waals surface area contributed by atoms with E-state index in [2.05, 4.69) is 17.0 Å². The second-order valence-corrected chi connectivity index (χ2v) is 6.05. The quantitative estimate of drug-likeness (QED) is 0.860. The van der Waals surface area contributed by atoms with Gasteiger partial charge in [-0.2, -0.15) is 0 Å². The number of rotatable bonds is 3. The van der Waals surface area contributed by atoms with Crippen molar-refractivity contribution in [2.24, 2.45) is 0 Å². The molecule has 1 amide bonds. The summed E-state index contributed by atoms with van der Waals surface area (Å²) in [4.78, 5) is 16.4. The Kier molecular flexibility index (Phi) is 4.82. The van der Waals surface area contributed by atoms with Gasteiger partial charge in [0.05, 0.1) is 6.42 Å². The van der Waals surface area contributed by atoms with E-state index in [1.54, 1.807) is 17.0 Å². The molecule has 0 unspecified atom stereocenters. The van der Waals surface area contributed by atoms with Crippen LogP contribution in [-0.4, -0.2) is 37.0 Å². The van der Waals surface area contributed by atoms with Crippen LogP contribution in [0.2, 0.25) is 5.02 Å². The number of nitrogens with zero attached hydrogens (tertiary/aromatic N) is 2. The highest BCUT2D eigenvalue weighted by molar-refractivity contribution is 6.30. The Hall–Kier alpha value is -2.07. The first-order valence-corrected chi connectivity index (χ1v) is 8.03. The number of carbonyl (C=O) groups excluding carboxylic acids is 1. The van der Waals surface area contributed by atoms with E-state index in [9.17, 15) is 9.18 Å². The maximum absolute atomic E-state index is 13.8. The molecule has 1 aliphatic rings. The molecule has 5 heteroatoms. The van der Waals surface area contributed by atoms with E-state index >= 15 is 0 Å². The van der Waals surface area contributed by atoms with Crippen LogP contribution in [0, 0.1) is 5.82 Å². The van der Waals surface area contributed by atoms with Crippen molar-refractivity contribution >= 4 is 23.2 Å². The molecule has 0 atom stereocenters. The lowest BCUT2D eigenvalue weighted by Gasteiger charge is -2.36. The van der Waals surface area contributed by atoms with Crippen LogP contribution in [0.3, 0.4) is 0 Å². The van der Waals surface area contributed by atoms with Gasteiger partial charge in [0.25, 0.3) is 0 Å². The SMILES string of the molecule is O=C(Cc1ccc(Cl)cc1F)N1CCN(c2ccccc2)CC1. The van der Waals surface area contributed by atoms with Crippen molar-refractivity contribution in [3.63, 3.8) is 0 Å². The zero-order valence-corrected chi connectivity index (χ0v) is 13.5. The van der Waals surface area contributed by atoms with Crippen molar-refractivity contribution in [2.75, 3.05) is 31.1 Å². The van der Waals surface area contributed by atoms with Crippen molar-refractivity contribution in [3.8, 4) is 0 Å². The summed E-state index contributed by atoms with van der Waals surface area (Å²) in [5, 5.41) is 0.343. The average Bonchev–Trinajstić information content (AvgIpc) is 2.58. The molecule has 0 aromatic heterocycles. The first kappa shape index (κ1) is 15.8. The van der Waals surface area contributed by atoms with Gasteiger partial charge in [-0.25, -0.2) is 4.39 Å². The largest absolute Gasteiger partial charge is 0.368 e. The zero-order valence-electron chi connectivity index (χ0n) is 12.7. The molecule has 1 saturated heterocycles. The van der Waals surface area contributed by atoms with Gasteiger partial charge >= 0.3 is 0 Å². The summed E-state index contributed by atoms with van der Waals surface area (Å²) in [6.07, 6.45) is 0.0777. The van der Waals surface area contributed by atoms with Crippen LogP contribution in [-0.2, 0) is 11.2 Å². The minimum Gasteiger partial charge on any atom is -0.368 e. The van der Waals surface area contributed by atoms with Crippen LogP contribution in [0.25, 0.3) is 0 Å². The number of anilines is 1. The normalized spacial score (nSPS) is 14.9. The van der Waals surface area contributed by atoms with Crippen molar-refractivity contribution in [1.82, 2.24) is 4.90 Å². The Morgan fingerprint density at radius 3 is 2.39 bits per heavy atom. The van der Waals surface area contributed by atoms with E-state index < -0.39 is 5.82 Å². The highest BCUT2D eigenvalue weighted by atomic mass is 35.5. The lowest BCUT2D eigenvalue weighted by Crippen LogP contribution is -2.49. The highest BCUT2D eigenvalue weighted by Gasteiger charge is 2.22. The Morgan fingerprint density at radius 1 is 1.04 bits per heavy atom. The summed E-state index contributed by atoms with van der Waals surface area (Å²) in [5.41, 5.74) is 1.56. The zero-order chi connectivity index (χ0) is 16.2. The lowest BCUT2D eigenvalue weighted by atomic mass is 10.1. The van der Waals surface area contributed by atoms with Crippen LogP contribution in [0.4, 0.5) is 10.1 Å². The number of halogens is 2. The number of carbonyl (C=O) groups is 1. The van der Waals surface area contributed by atoms with E-state index in [1.807, 2.05) is 18.2 Å². The first-order valence-electron chi connectivity index (χ1n) is 7.65. The molecule has 0 radical (unpaired) electrons. The smallest absolute Gasteiger partial charge is 0.227 e. The minimum absolute atomic E-state index is 0.0427. The number of piperazine rings is 1. The number of amides is 1. The summed E-state index contributed by atoms with van der Waals surface area (Å²) in [5.74, 6) is -0.465. The highest BCUT2D eigenvalue weighted by Crippen LogP contribution is 2.18. The molecule has 1 fully saturated rings. The van der Waals surface area contributed by atoms with Gasteiger partial charge in [0.15, 0.2) is 0 Å². The van der Waals surface area contributed by atoms with Crippen LogP contribution >= 0.6 is 11.6 Å². The molecule has 3 nitrogen and oxygen atoms in total. The predicted molar refractivity (Wildman–Crippen MR) is 90.3 cm³/mol. The van der Waals surface area contributed by atoms with Crippen LogP contribution in [0.5, 0.6) is 0 Å². The molecule has 0 bridgehead atoms. The van der Waals surface area contributed by atoms with Crippen molar-refractivity contribution < 1.29 is 9.18 Å². The van der Waals surface area contributed by atoms with Crippen LogP contribution in [0.1, 0.15) is 5.56 Å². The molecular formula is C18H18ClFN2O. The Labute approximate surface area is 140 Å². The first-order chi connectivity index (χ1) is 11.1. The maximum atomic E-state index is 13.8. The number of hydrogen-bond acceptors (Lipinski definition) is 2. The molecule has 1 aliphatic heterocycles. The van der Waals surface area contributed by atoms with Gasteiger partial charge in [0.2, 0.25) is 5.91 Å². The Balaban J connectivity index is 1.58. The maximum Gasteiger partial charge on any atom is 0.227 e. The Morgan fingerprint density at radius 2 is 1.74 bits per heavy atom.